The van der Waals surface area contributed by atoms with Crippen LogP contribution in [-0.2, 0) is 6.42 Å². The summed E-state index contributed by atoms with van der Waals surface area (Å²) in [6, 6.07) is 6.39. The van der Waals surface area contributed by atoms with Gasteiger partial charge in [0.05, 0.1) is 12.8 Å². The first-order valence-electron chi connectivity index (χ1n) is 6.50. The fourth-order valence-corrected chi connectivity index (χ4v) is 2.01. The van der Waals surface area contributed by atoms with Gasteiger partial charge in [-0.05, 0) is 45.0 Å². The van der Waals surface area contributed by atoms with Crippen LogP contribution in [0.2, 0.25) is 0 Å². The molecule has 0 aromatic heterocycles. The predicted octanol–water partition coefficient (Wildman–Crippen LogP) is 2.69. The molecule has 3 nitrogen and oxygen atoms in total. The molecule has 1 aromatic rings. The predicted molar refractivity (Wildman–Crippen MR) is 78.8 cm³/mol. The number of ether oxygens (including phenoxy) is 1. The van der Waals surface area contributed by atoms with Crippen molar-refractivity contribution in [3.8, 4) is 5.75 Å². The van der Waals surface area contributed by atoms with E-state index in [0.717, 1.165) is 24.4 Å². The van der Waals surface area contributed by atoms with Gasteiger partial charge in [-0.3, -0.25) is 0 Å². The molecule has 0 bridgehead atoms. The van der Waals surface area contributed by atoms with Gasteiger partial charge in [0, 0.05) is 19.1 Å². The van der Waals surface area contributed by atoms with E-state index >= 15 is 0 Å². The highest BCUT2D eigenvalue weighted by Gasteiger charge is 2.19. The molecule has 0 aliphatic rings. The van der Waals surface area contributed by atoms with Gasteiger partial charge < -0.3 is 15.0 Å². The topological polar surface area (TPSA) is 24.5 Å². The Morgan fingerprint density at radius 1 is 1.33 bits per heavy atom. The average Bonchev–Trinajstić information content (AvgIpc) is 2.37. The Morgan fingerprint density at radius 2 is 2.00 bits per heavy atom. The number of likely N-dealkylation sites (N-methyl/N-ethyl adjacent to an activating group) is 2. The lowest BCUT2D eigenvalue weighted by Crippen LogP contribution is -2.46. The lowest BCUT2D eigenvalue weighted by molar-refractivity contribution is 0.406. The number of hydrogen-bond donors (Lipinski definition) is 1. The molecule has 1 rings (SSSR count). The maximum absolute atomic E-state index is 5.45. The van der Waals surface area contributed by atoms with Crippen molar-refractivity contribution in [3.63, 3.8) is 0 Å². The molecule has 0 heterocycles. The maximum atomic E-state index is 5.45. The fourth-order valence-electron chi connectivity index (χ4n) is 2.01. The molecule has 1 aromatic carbocycles. The second kappa shape index (κ2) is 6.10. The normalized spacial score (nSPS) is 11.4. The molecule has 0 radical (unpaired) electrons. The highest BCUT2D eigenvalue weighted by molar-refractivity contribution is 5.60. The van der Waals surface area contributed by atoms with Crippen molar-refractivity contribution in [1.82, 2.24) is 5.32 Å². The molecule has 0 unspecified atom stereocenters. The van der Waals surface area contributed by atoms with E-state index in [1.807, 2.05) is 7.05 Å². The number of aryl methyl sites for hydroxylation is 1. The Labute approximate surface area is 111 Å². The van der Waals surface area contributed by atoms with Crippen molar-refractivity contribution in [1.29, 1.82) is 0 Å². The van der Waals surface area contributed by atoms with Crippen LogP contribution in [0.4, 0.5) is 5.69 Å². The van der Waals surface area contributed by atoms with Crippen LogP contribution < -0.4 is 15.0 Å². The molecule has 0 fully saturated rings. The molecule has 0 saturated heterocycles. The van der Waals surface area contributed by atoms with Crippen molar-refractivity contribution >= 4 is 5.69 Å². The van der Waals surface area contributed by atoms with Crippen molar-refractivity contribution in [2.75, 3.05) is 32.6 Å². The first-order valence-corrected chi connectivity index (χ1v) is 6.50. The summed E-state index contributed by atoms with van der Waals surface area (Å²) in [6.07, 6.45) is 1.04. The monoisotopic (exact) mass is 250 g/mol. The molecule has 102 valence electrons. The van der Waals surface area contributed by atoms with Crippen LogP contribution in [-0.4, -0.2) is 33.3 Å². The van der Waals surface area contributed by atoms with Crippen LogP contribution in [0.15, 0.2) is 18.2 Å². The second-order valence-electron chi connectivity index (χ2n) is 5.35. The van der Waals surface area contributed by atoms with Crippen LogP contribution in [0.25, 0.3) is 0 Å². The highest BCUT2D eigenvalue weighted by Crippen LogP contribution is 2.29. The minimum atomic E-state index is 0.0714. The summed E-state index contributed by atoms with van der Waals surface area (Å²) in [6.45, 7) is 7.48. The van der Waals surface area contributed by atoms with E-state index < -0.39 is 0 Å². The molecule has 3 heteroatoms. The molecule has 1 N–H and O–H groups in total. The summed E-state index contributed by atoms with van der Waals surface area (Å²) < 4.78 is 5.45. The Kier molecular flexibility index (Phi) is 5.03. The third-order valence-corrected chi connectivity index (χ3v) is 3.37. The first kappa shape index (κ1) is 14.8. The highest BCUT2D eigenvalue weighted by atomic mass is 16.5. The molecule has 18 heavy (non-hydrogen) atoms. The van der Waals surface area contributed by atoms with Gasteiger partial charge in [0.15, 0.2) is 0 Å². The number of anilines is 1. The summed E-state index contributed by atoms with van der Waals surface area (Å²) in [5.41, 5.74) is 2.56. The van der Waals surface area contributed by atoms with Gasteiger partial charge in [-0.1, -0.05) is 13.0 Å². The van der Waals surface area contributed by atoms with Crippen LogP contribution in [0, 0.1) is 0 Å². The SMILES string of the molecule is CCc1ccc(OC)c(N(C)CC(C)(C)NC)c1. The van der Waals surface area contributed by atoms with Gasteiger partial charge in [-0.15, -0.1) is 0 Å². The lowest BCUT2D eigenvalue weighted by Gasteiger charge is -2.32. The van der Waals surface area contributed by atoms with E-state index in [1.165, 1.54) is 5.56 Å². The molecule has 0 spiro atoms. The smallest absolute Gasteiger partial charge is 0.142 e. The third-order valence-electron chi connectivity index (χ3n) is 3.37. The van der Waals surface area contributed by atoms with E-state index in [1.54, 1.807) is 7.11 Å². The van der Waals surface area contributed by atoms with Gasteiger partial charge >= 0.3 is 0 Å². The number of nitrogens with zero attached hydrogens (tertiary/aromatic N) is 1. The molecule has 0 saturated carbocycles. The van der Waals surface area contributed by atoms with Crippen molar-refractivity contribution in [2.24, 2.45) is 0 Å². The number of rotatable bonds is 6. The van der Waals surface area contributed by atoms with E-state index in [-0.39, 0.29) is 5.54 Å². The fraction of sp³-hybridized carbons (Fsp3) is 0.600. The Morgan fingerprint density at radius 3 is 2.50 bits per heavy atom. The standard InChI is InChI=1S/C15H26N2O/c1-7-12-8-9-14(18-6)13(10-12)17(5)11-15(2,3)16-4/h8-10,16H,7,11H2,1-6H3. The van der Waals surface area contributed by atoms with Gasteiger partial charge in [0.2, 0.25) is 0 Å². The largest absolute Gasteiger partial charge is 0.495 e. The number of nitrogens with one attached hydrogen (secondary N) is 1. The molecule has 0 aliphatic heterocycles. The molecule has 0 aliphatic carbocycles. The van der Waals surface area contributed by atoms with Gasteiger partial charge in [-0.2, -0.15) is 0 Å². The van der Waals surface area contributed by atoms with Crippen molar-refractivity contribution in [3.05, 3.63) is 23.8 Å². The lowest BCUT2D eigenvalue weighted by atomic mass is 10.0. The van der Waals surface area contributed by atoms with Crippen LogP contribution >= 0.6 is 0 Å². The van der Waals surface area contributed by atoms with E-state index in [4.69, 9.17) is 4.74 Å². The average molecular weight is 250 g/mol. The van der Waals surface area contributed by atoms with Crippen LogP contribution in [0.1, 0.15) is 26.3 Å². The van der Waals surface area contributed by atoms with Gasteiger partial charge in [0.25, 0.3) is 0 Å². The Hall–Kier alpha value is -1.22. The van der Waals surface area contributed by atoms with E-state index in [9.17, 15) is 0 Å². The Balaban J connectivity index is 2.99. The zero-order chi connectivity index (χ0) is 13.8. The van der Waals surface area contributed by atoms with Crippen LogP contribution in [0.5, 0.6) is 5.75 Å². The number of benzene rings is 1. The quantitative estimate of drug-likeness (QED) is 0.840. The molecule has 0 atom stereocenters. The van der Waals surface area contributed by atoms with E-state index in [2.05, 4.69) is 56.2 Å². The Bertz CT molecular complexity index is 388. The zero-order valence-electron chi connectivity index (χ0n) is 12.5. The summed E-state index contributed by atoms with van der Waals surface area (Å²) in [5.74, 6) is 0.932. The first-order chi connectivity index (χ1) is 8.43. The van der Waals surface area contributed by atoms with Gasteiger partial charge in [0.1, 0.15) is 5.75 Å². The minimum Gasteiger partial charge on any atom is -0.495 e. The molecule has 0 amide bonds. The summed E-state index contributed by atoms with van der Waals surface area (Å²) in [4.78, 5) is 2.24. The van der Waals surface area contributed by atoms with Crippen molar-refractivity contribution in [2.45, 2.75) is 32.7 Å². The molecular formula is C15H26N2O. The van der Waals surface area contributed by atoms with Crippen LogP contribution in [0.3, 0.4) is 0 Å². The van der Waals surface area contributed by atoms with Crippen molar-refractivity contribution < 1.29 is 4.74 Å². The summed E-state index contributed by atoms with van der Waals surface area (Å²) in [5, 5.41) is 3.33. The number of hydrogen-bond acceptors (Lipinski definition) is 3. The van der Waals surface area contributed by atoms with E-state index in [0.29, 0.717) is 0 Å². The second-order valence-corrected chi connectivity index (χ2v) is 5.35. The van der Waals surface area contributed by atoms with Gasteiger partial charge in [-0.25, -0.2) is 0 Å². The zero-order valence-corrected chi connectivity index (χ0v) is 12.5. The summed E-state index contributed by atoms with van der Waals surface area (Å²) >= 11 is 0. The molecular weight excluding hydrogens is 224 g/mol. The summed E-state index contributed by atoms with van der Waals surface area (Å²) in [7, 11) is 5.82. The maximum Gasteiger partial charge on any atom is 0.142 e. The number of methoxy groups -OCH3 is 1. The minimum absolute atomic E-state index is 0.0714. The third kappa shape index (κ3) is 3.64.